The fraction of sp³-hybridized carbons (Fsp3) is 0.704. The molecule has 0 saturated carbocycles. The lowest BCUT2D eigenvalue weighted by Gasteiger charge is -2.17. The third-order valence-electron chi connectivity index (χ3n) is 5.75. The molecule has 0 radical (unpaired) electrons. The van der Waals surface area contributed by atoms with Crippen molar-refractivity contribution in [3.8, 4) is 0 Å². The molecule has 2 unspecified atom stereocenters. The van der Waals surface area contributed by atoms with Crippen molar-refractivity contribution in [2.75, 3.05) is 0 Å². The van der Waals surface area contributed by atoms with E-state index in [9.17, 15) is 9.59 Å². The Hall–Kier alpha value is -1.88. The van der Waals surface area contributed by atoms with Gasteiger partial charge in [-0.3, -0.25) is 9.59 Å². The molecule has 0 fully saturated rings. The summed E-state index contributed by atoms with van der Waals surface area (Å²) >= 11 is 0. The van der Waals surface area contributed by atoms with Crippen molar-refractivity contribution >= 4 is 11.9 Å². The number of unbranched alkanes of at least 4 members (excludes halogenated alkanes) is 8. The van der Waals surface area contributed by atoms with E-state index in [4.69, 9.17) is 14.6 Å². The maximum Gasteiger partial charge on any atom is 0.305 e. The predicted molar refractivity (Wildman–Crippen MR) is 129 cm³/mol. The molecule has 5 nitrogen and oxygen atoms in total. The highest BCUT2D eigenvalue weighted by atomic mass is 16.5. The summed E-state index contributed by atoms with van der Waals surface area (Å²) in [6, 6.07) is 9.87. The summed E-state index contributed by atoms with van der Waals surface area (Å²) in [6.45, 7) is 4.16. The van der Waals surface area contributed by atoms with Gasteiger partial charge >= 0.3 is 11.9 Å². The summed E-state index contributed by atoms with van der Waals surface area (Å²) in [5.74, 6) is -0.988. The summed E-state index contributed by atoms with van der Waals surface area (Å²) in [5, 5.41) is 9.16. The van der Waals surface area contributed by atoms with Gasteiger partial charge in [0.1, 0.15) is 6.10 Å². The number of carboxylic acids is 1. The number of aliphatic carboxylic acids is 1. The van der Waals surface area contributed by atoms with Gasteiger partial charge in [-0.2, -0.15) is 0 Å². The van der Waals surface area contributed by atoms with Crippen LogP contribution in [0.2, 0.25) is 0 Å². The lowest BCUT2D eigenvalue weighted by atomic mass is 10.0. The highest BCUT2D eigenvalue weighted by Crippen LogP contribution is 2.18. The third-order valence-corrected chi connectivity index (χ3v) is 5.75. The Kier molecular flexibility index (Phi) is 16.4. The van der Waals surface area contributed by atoms with Gasteiger partial charge in [-0.25, -0.2) is 0 Å². The number of ether oxygens (including phenoxy) is 2. The second kappa shape index (κ2) is 18.7. The van der Waals surface area contributed by atoms with Crippen LogP contribution in [0.25, 0.3) is 0 Å². The SMILES string of the molecule is CCCCCCCC(CCCCCCCC(CC(=O)O)OCc1ccccc1)OC(C)=O. The van der Waals surface area contributed by atoms with Crippen molar-refractivity contribution < 1.29 is 24.2 Å². The largest absolute Gasteiger partial charge is 0.481 e. The molecule has 0 aliphatic rings. The predicted octanol–water partition coefficient (Wildman–Crippen LogP) is 7.07. The lowest BCUT2D eigenvalue weighted by molar-refractivity contribution is -0.147. The average molecular weight is 449 g/mol. The summed E-state index contributed by atoms with van der Waals surface area (Å²) in [7, 11) is 0. The van der Waals surface area contributed by atoms with Crippen molar-refractivity contribution in [1.82, 2.24) is 0 Å². The van der Waals surface area contributed by atoms with E-state index < -0.39 is 5.97 Å². The molecule has 0 heterocycles. The number of carbonyl (C=O) groups is 2. The van der Waals surface area contributed by atoms with E-state index >= 15 is 0 Å². The van der Waals surface area contributed by atoms with Crippen molar-refractivity contribution in [1.29, 1.82) is 0 Å². The van der Waals surface area contributed by atoms with Gasteiger partial charge < -0.3 is 14.6 Å². The molecule has 0 amide bonds. The molecule has 182 valence electrons. The smallest absolute Gasteiger partial charge is 0.305 e. The normalized spacial score (nSPS) is 12.9. The van der Waals surface area contributed by atoms with Gasteiger partial charge in [-0.05, 0) is 37.7 Å². The average Bonchev–Trinajstić information content (AvgIpc) is 2.76. The maximum atomic E-state index is 11.4. The minimum atomic E-state index is -0.811. The molecule has 0 saturated heterocycles. The minimum absolute atomic E-state index is 0.0507. The maximum absolute atomic E-state index is 11.4. The Bertz CT molecular complexity index is 601. The van der Waals surface area contributed by atoms with Crippen LogP contribution in [0.4, 0.5) is 0 Å². The van der Waals surface area contributed by atoms with Crippen molar-refractivity contribution in [3.05, 3.63) is 35.9 Å². The Labute approximate surface area is 194 Å². The third kappa shape index (κ3) is 15.9. The molecule has 32 heavy (non-hydrogen) atoms. The lowest BCUT2D eigenvalue weighted by Crippen LogP contribution is -2.17. The van der Waals surface area contributed by atoms with Crippen LogP contribution in [0.3, 0.4) is 0 Å². The minimum Gasteiger partial charge on any atom is -0.481 e. The molecule has 2 atom stereocenters. The Morgan fingerprint density at radius 1 is 0.812 bits per heavy atom. The van der Waals surface area contributed by atoms with Crippen LogP contribution < -0.4 is 0 Å². The van der Waals surface area contributed by atoms with E-state index in [1.807, 2.05) is 30.3 Å². The summed E-state index contributed by atoms with van der Waals surface area (Å²) in [4.78, 5) is 22.5. The summed E-state index contributed by atoms with van der Waals surface area (Å²) in [6.07, 6.45) is 14.0. The van der Waals surface area contributed by atoms with Crippen LogP contribution >= 0.6 is 0 Å². The molecule has 0 bridgehead atoms. The fourth-order valence-corrected chi connectivity index (χ4v) is 3.97. The molecule has 0 aliphatic heterocycles. The zero-order chi connectivity index (χ0) is 23.4. The van der Waals surface area contributed by atoms with Crippen LogP contribution in [-0.2, 0) is 25.7 Å². The number of benzene rings is 1. The van der Waals surface area contributed by atoms with Gasteiger partial charge in [0.25, 0.3) is 0 Å². The van der Waals surface area contributed by atoms with Crippen LogP contribution in [0, 0.1) is 0 Å². The second-order valence-electron chi connectivity index (χ2n) is 8.80. The van der Waals surface area contributed by atoms with E-state index in [-0.39, 0.29) is 24.6 Å². The molecule has 0 aromatic heterocycles. The Morgan fingerprint density at radius 3 is 1.88 bits per heavy atom. The molecule has 1 aromatic rings. The zero-order valence-electron chi connectivity index (χ0n) is 20.2. The van der Waals surface area contributed by atoms with E-state index in [0.29, 0.717) is 6.61 Å². The number of hydrogen-bond donors (Lipinski definition) is 1. The van der Waals surface area contributed by atoms with Gasteiger partial charge in [0, 0.05) is 6.92 Å². The topological polar surface area (TPSA) is 72.8 Å². The van der Waals surface area contributed by atoms with Gasteiger partial charge in [-0.15, -0.1) is 0 Å². The molecule has 5 heteroatoms. The van der Waals surface area contributed by atoms with E-state index in [0.717, 1.165) is 63.4 Å². The van der Waals surface area contributed by atoms with Crippen molar-refractivity contribution in [2.45, 2.75) is 123 Å². The van der Waals surface area contributed by atoms with Gasteiger partial charge in [-0.1, -0.05) is 88.6 Å². The Balaban J connectivity index is 2.19. The molecule has 0 aliphatic carbocycles. The molecular formula is C27H44O5. The Morgan fingerprint density at radius 2 is 1.34 bits per heavy atom. The summed E-state index contributed by atoms with van der Waals surface area (Å²) < 4.78 is 11.4. The number of carbonyl (C=O) groups excluding carboxylic acids is 1. The number of esters is 1. The first-order valence-electron chi connectivity index (χ1n) is 12.6. The highest BCUT2D eigenvalue weighted by Gasteiger charge is 2.14. The molecule has 1 aromatic carbocycles. The highest BCUT2D eigenvalue weighted by molar-refractivity contribution is 5.67. The van der Waals surface area contributed by atoms with E-state index in [1.165, 1.54) is 32.6 Å². The van der Waals surface area contributed by atoms with Crippen LogP contribution in [0.5, 0.6) is 0 Å². The van der Waals surface area contributed by atoms with Crippen molar-refractivity contribution in [2.24, 2.45) is 0 Å². The molecule has 1 N–H and O–H groups in total. The van der Waals surface area contributed by atoms with Gasteiger partial charge in [0.2, 0.25) is 0 Å². The first-order chi connectivity index (χ1) is 15.5. The molecular weight excluding hydrogens is 404 g/mol. The zero-order valence-corrected chi connectivity index (χ0v) is 20.2. The number of hydrogen-bond acceptors (Lipinski definition) is 4. The molecule has 0 spiro atoms. The first kappa shape index (κ1) is 28.2. The number of carboxylic acid groups (broad SMARTS) is 1. The number of rotatable bonds is 20. The fourth-order valence-electron chi connectivity index (χ4n) is 3.97. The van der Waals surface area contributed by atoms with Crippen LogP contribution in [0.1, 0.15) is 109 Å². The van der Waals surface area contributed by atoms with Crippen LogP contribution in [-0.4, -0.2) is 29.3 Å². The molecule has 1 rings (SSSR count). The van der Waals surface area contributed by atoms with Gasteiger partial charge in [0.15, 0.2) is 0 Å². The first-order valence-corrected chi connectivity index (χ1v) is 12.6. The second-order valence-corrected chi connectivity index (χ2v) is 8.80. The van der Waals surface area contributed by atoms with E-state index in [2.05, 4.69) is 6.92 Å². The quantitative estimate of drug-likeness (QED) is 0.171. The van der Waals surface area contributed by atoms with Gasteiger partial charge in [0.05, 0.1) is 19.1 Å². The van der Waals surface area contributed by atoms with E-state index in [1.54, 1.807) is 0 Å². The van der Waals surface area contributed by atoms with Crippen LogP contribution in [0.15, 0.2) is 30.3 Å². The monoisotopic (exact) mass is 448 g/mol. The summed E-state index contributed by atoms with van der Waals surface area (Å²) in [5.41, 5.74) is 1.07. The van der Waals surface area contributed by atoms with Crippen molar-refractivity contribution in [3.63, 3.8) is 0 Å². The standard InChI is InChI=1S/C27H44O5/c1-3-4-5-7-13-18-25(32-23(2)28)19-14-8-6-9-15-20-26(21-27(29)30)31-22-24-16-11-10-12-17-24/h10-12,16-17,25-26H,3-9,13-15,18-22H2,1-2H3,(H,29,30).